The van der Waals surface area contributed by atoms with Gasteiger partial charge < -0.3 is 14.6 Å². The lowest BCUT2D eigenvalue weighted by Gasteiger charge is -2.43. The molecular formula is C19H19ClN2O3. The number of nitrogens with zero attached hydrogens (tertiary/aromatic N) is 2. The van der Waals surface area contributed by atoms with E-state index in [-0.39, 0.29) is 11.8 Å². The van der Waals surface area contributed by atoms with Crippen LogP contribution in [0.15, 0.2) is 41.5 Å². The van der Waals surface area contributed by atoms with Gasteiger partial charge in [-0.3, -0.25) is 0 Å². The van der Waals surface area contributed by atoms with Gasteiger partial charge in [0.2, 0.25) is 0 Å². The fraction of sp³-hybridized carbons (Fsp3) is 0.316. The van der Waals surface area contributed by atoms with E-state index in [1.807, 2.05) is 37.1 Å². The molecule has 0 bridgehead atoms. The molecule has 0 amide bonds. The summed E-state index contributed by atoms with van der Waals surface area (Å²) in [6.07, 6.45) is 0.654. The van der Waals surface area contributed by atoms with Crippen molar-refractivity contribution in [1.82, 2.24) is 5.01 Å². The Morgan fingerprint density at radius 3 is 2.88 bits per heavy atom. The van der Waals surface area contributed by atoms with Gasteiger partial charge in [-0.1, -0.05) is 23.7 Å². The molecule has 2 aromatic rings. The zero-order valence-electron chi connectivity index (χ0n) is 14.3. The second kappa shape index (κ2) is 5.56. The Labute approximate surface area is 151 Å². The van der Waals surface area contributed by atoms with Gasteiger partial charge >= 0.3 is 0 Å². The molecule has 1 atom stereocenters. The highest BCUT2D eigenvalue weighted by atomic mass is 35.5. The maximum Gasteiger partial charge on any atom is 0.192 e. The van der Waals surface area contributed by atoms with Crippen molar-refractivity contribution >= 4 is 17.3 Å². The summed E-state index contributed by atoms with van der Waals surface area (Å²) < 4.78 is 11.7. The Hall–Kier alpha value is -2.40. The molecule has 25 heavy (non-hydrogen) atoms. The van der Waals surface area contributed by atoms with Crippen LogP contribution in [0.3, 0.4) is 0 Å². The summed E-state index contributed by atoms with van der Waals surface area (Å²) in [5, 5.41) is 17.5. The Balaban J connectivity index is 1.81. The van der Waals surface area contributed by atoms with E-state index in [9.17, 15) is 5.11 Å². The van der Waals surface area contributed by atoms with Crippen LogP contribution < -0.4 is 9.47 Å². The first-order chi connectivity index (χ1) is 11.9. The number of phenols is 1. The highest BCUT2D eigenvalue weighted by molar-refractivity contribution is 6.31. The van der Waals surface area contributed by atoms with E-state index in [4.69, 9.17) is 26.2 Å². The molecule has 0 spiro atoms. The molecule has 0 fully saturated rings. The fourth-order valence-electron chi connectivity index (χ4n) is 3.51. The maximum absolute atomic E-state index is 10.2. The first-order valence-corrected chi connectivity index (χ1v) is 8.50. The second-order valence-electron chi connectivity index (χ2n) is 6.70. The van der Waals surface area contributed by atoms with Gasteiger partial charge in [0, 0.05) is 22.6 Å². The van der Waals surface area contributed by atoms with Gasteiger partial charge in [-0.05, 0) is 38.1 Å². The third kappa shape index (κ3) is 2.50. The molecule has 2 aliphatic heterocycles. The van der Waals surface area contributed by atoms with Crippen molar-refractivity contribution in [2.75, 3.05) is 7.11 Å². The van der Waals surface area contributed by atoms with E-state index in [0.717, 1.165) is 17.0 Å². The summed E-state index contributed by atoms with van der Waals surface area (Å²) in [5.41, 5.74) is 1.83. The van der Waals surface area contributed by atoms with Gasteiger partial charge in [-0.15, -0.1) is 0 Å². The molecule has 2 aliphatic rings. The van der Waals surface area contributed by atoms with E-state index in [2.05, 4.69) is 0 Å². The minimum Gasteiger partial charge on any atom is -0.507 e. The lowest BCUT2D eigenvalue weighted by atomic mass is 9.94. The predicted molar refractivity (Wildman–Crippen MR) is 96.6 cm³/mol. The van der Waals surface area contributed by atoms with Crippen LogP contribution in [-0.4, -0.2) is 28.7 Å². The number of phenolic OH excluding ortho intramolecular Hbond substituents is 1. The first-order valence-electron chi connectivity index (χ1n) is 8.12. The number of aromatic hydroxyl groups is 1. The Kier molecular flexibility index (Phi) is 3.58. The van der Waals surface area contributed by atoms with Crippen LogP contribution in [0.2, 0.25) is 5.02 Å². The second-order valence-corrected chi connectivity index (χ2v) is 7.14. The largest absolute Gasteiger partial charge is 0.507 e. The van der Waals surface area contributed by atoms with Gasteiger partial charge in [0.1, 0.15) is 5.75 Å². The standard InChI is InChI=1S/C19H19ClN2O3/c1-19(2)22-15(12-5-4-6-17(24-3)18(12)25-19)10-14(21-22)13-9-11(20)7-8-16(13)23/h4-9,15,23H,10H2,1-3H3/t15-/m1/s1. The molecule has 0 aliphatic carbocycles. The average Bonchev–Trinajstić information content (AvgIpc) is 3.03. The van der Waals surface area contributed by atoms with Crippen molar-refractivity contribution in [2.45, 2.75) is 32.0 Å². The number of para-hydroxylation sites is 1. The first kappa shape index (κ1) is 16.1. The third-order valence-corrected chi connectivity index (χ3v) is 4.91. The molecule has 0 saturated heterocycles. The summed E-state index contributed by atoms with van der Waals surface area (Å²) in [6.45, 7) is 3.94. The summed E-state index contributed by atoms with van der Waals surface area (Å²) in [6, 6.07) is 10.9. The van der Waals surface area contributed by atoms with Crippen LogP contribution in [0.4, 0.5) is 0 Å². The highest BCUT2D eigenvalue weighted by Crippen LogP contribution is 2.50. The summed E-state index contributed by atoms with van der Waals surface area (Å²) in [5.74, 6) is 1.64. The molecule has 4 rings (SSSR count). The predicted octanol–water partition coefficient (Wildman–Crippen LogP) is 4.33. The van der Waals surface area contributed by atoms with E-state index >= 15 is 0 Å². The van der Waals surface area contributed by atoms with Gasteiger partial charge in [0.15, 0.2) is 17.2 Å². The van der Waals surface area contributed by atoms with Crippen molar-refractivity contribution in [3.05, 3.63) is 52.5 Å². The van der Waals surface area contributed by atoms with Crippen molar-refractivity contribution in [1.29, 1.82) is 0 Å². The Morgan fingerprint density at radius 1 is 1.32 bits per heavy atom. The van der Waals surface area contributed by atoms with Gasteiger partial charge in [0.05, 0.1) is 18.9 Å². The maximum atomic E-state index is 10.2. The number of fused-ring (bicyclic) bond motifs is 3. The van der Waals surface area contributed by atoms with E-state index in [0.29, 0.717) is 22.8 Å². The minimum absolute atomic E-state index is 0.0160. The number of rotatable bonds is 2. The monoisotopic (exact) mass is 358 g/mol. The Bertz CT molecular complexity index is 879. The number of methoxy groups -OCH3 is 1. The smallest absolute Gasteiger partial charge is 0.192 e. The van der Waals surface area contributed by atoms with Crippen LogP contribution in [0.5, 0.6) is 17.2 Å². The molecule has 5 nitrogen and oxygen atoms in total. The van der Waals surface area contributed by atoms with E-state index < -0.39 is 5.72 Å². The summed E-state index contributed by atoms with van der Waals surface area (Å²) in [7, 11) is 1.64. The number of halogens is 1. The molecule has 0 unspecified atom stereocenters. The molecule has 1 N–H and O–H groups in total. The Morgan fingerprint density at radius 2 is 2.12 bits per heavy atom. The van der Waals surface area contributed by atoms with E-state index in [1.54, 1.807) is 25.3 Å². The zero-order valence-corrected chi connectivity index (χ0v) is 15.0. The lowest BCUT2D eigenvalue weighted by molar-refractivity contribution is -0.0924. The van der Waals surface area contributed by atoms with Crippen LogP contribution in [0.25, 0.3) is 0 Å². The fourth-order valence-corrected chi connectivity index (χ4v) is 3.68. The summed E-state index contributed by atoms with van der Waals surface area (Å²) >= 11 is 6.10. The van der Waals surface area contributed by atoms with Gasteiger partial charge in [-0.2, -0.15) is 5.10 Å². The minimum atomic E-state index is -0.637. The molecule has 0 radical (unpaired) electrons. The van der Waals surface area contributed by atoms with Crippen molar-refractivity contribution in [3.63, 3.8) is 0 Å². The average molecular weight is 359 g/mol. The molecule has 130 valence electrons. The van der Waals surface area contributed by atoms with E-state index in [1.165, 1.54) is 0 Å². The molecule has 2 heterocycles. The molecule has 0 saturated carbocycles. The van der Waals surface area contributed by atoms with Crippen LogP contribution in [0, 0.1) is 0 Å². The van der Waals surface area contributed by atoms with Crippen molar-refractivity contribution in [3.8, 4) is 17.2 Å². The van der Waals surface area contributed by atoms with Crippen LogP contribution >= 0.6 is 11.6 Å². The third-order valence-electron chi connectivity index (χ3n) is 4.67. The quantitative estimate of drug-likeness (QED) is 0.868. The molecule has 6 heteroatoms. The molecule has 2 aromatic carbocycles. The molecular weight excluding hydrogens is 340 g/mol. The zero-order chi connectivity index (χ0) is 17.8. The number of hydrazone groups is 1. The number of ether oxygens (including phenoxy) is 2. The molecule has 0 aromatic heterocycles. The van der Waals surface area contributed by atoms with Gasteiger partial charge in [-0.25, -0.2) is 5.01 Å². The van der Waals surface area contributed by atoms with Crippen LogP contribution in [0.1, 0.15) is 37.4 Å². The summed E-state index contributed by atoms with van der Waals surface area (Å²) in [4.78, 5) is 0. The van der Waals surface area contributed by atoms with Gasteiger partial charge in [0.25, 0.3) is 0 Å². The van der Waals surface area contributed by atoms with Crippen molar-refractivity contribution < 1.29 is 14.6 Å². The SMILES string of the molecule is COc1cccc2c1OC(C)(C)N1N=C(c3cc(Cl)ccc3O)C[C@H]21. The number of hydrogen-bond donors (Lipinski definition) is 1. The lowest BCUT2D eigenvalue weighted by Crippen LogP contribution is -2.48. The van der Waals surface area contributed by atoms with Crippen LogP contribution in [-0.2, 0) is 0 Å². The topological polar surface area (TPSA) is 54.3 Å². The number of hydrogen-bond acceptors (Lipinski definition) is 5. The highest BCUT2D eigenvalue weighted by Gasteiger charge is 2.46. The number of benzene rings is 2. The van der Waals surface area contributed by atoms with Crippen molar-refractivity contribution in [2.24, 2.45) is 5.10 Å². The normalized spacial score (nSPS) is 20.4.